The lowest BCUT2D eigenvalue weighted by atomic mass is 9.91. The van der Waals surface area contributed by atoms with E-state index in [4.69, 9.17) is 0 Å². The molecule has 0 amide bonds. The highest BCUT2D eigenvalue weighted by molar-refractivity contribution is 7.92. The normalized spacial score (nSPS) is 12.6. The molecule has 90 valence electrons. The van der Waals surface area contributed by atoms with Crippen molar-refractivity contribution in [2.45, 2.75) is 33.1 Å². The largest absolute Gasteiger partial charge is 0.250 e. The molecule has 3 nitrogen and oxygen atoms in total. The minimum atomic E-state index is -2.15. The minimum Gasteiger partial charge on any atom is -0.250 e. The van der Waals surface area contributed by atoms with Crippen molar-refractivity contribution < 1.29 is 4.21 Å². The molecule has 1 heterocycles. The van der Waals surface area contributed by atoms with Crippen molar-refractivity contribution in [1.29, 1.82) is 0 Å². The van der Waals surface area contributed by atoms with Crippen molar-refractivity contribution >= 4 is 15.5 Å². The minimum absolute atomic E-state index is 0.0136. The second-order valence-electron chi connectivity index (χ2n) is 5.36. The van der Waals surface area contributed by atoms with Gasteiger partial charge in [-0.2, -0.15) is 4.36 Å². The summed E-state index contributed by atoms with van der Waals surface area (Å²) < 4.78 is 15.8. The lowest BCUT2D eigenvalue weighted by molar-refractivity contribution is 0.569. The zero-order valence-corrected chi connectivity index (χ0v) is 11.7. The molecule has 0 aromatic carbocycles. The van der Waals surface area contributed by atoms with Gasteiger partial charge in [0.2, 0.25) is 0 Å². The van der Waals surface area contributed by atoms with E-state index >= 15 is 0 Å². The number of hydrogen-bond donors (Lipinski definition) is 0. The highest BCUT2D eigenvalue weighted by Crippen LogP contribution is 2.25. The van der Waals surface area contributed by atoms with Crippen LogP contribution in [0.2, 0.25) is 0 Å². The molecular weight excluding hydrogens is 220 g/mol. The smallest absolute Gasteiger partial charge is 0.164 e. The van der Waals surface area contributed by atoms with Crippen LogP contribution in [-0.4, -0.2) is 21.7 Å². The lowest BCUT2D eigenvalue weighted by Crippen LogP contribution is -2.13. The summed E-state index contributed by atoms with van der Waals surface area (Å²) in [6.07, 6.45) is 3.25. The van der Waals surface area contributed by atoms with Gasteiger partial charge in [0.25, 0.3) is 0 Å². The van der Waals surface area contributed by atoms with Crippen molar-refractivity contribution in [3.8, 4) is 0 Å². The fourth-order valence-corrected chi connectivity index (χ4v) is 1.84. The predicted molar refractivity (Wildman–Crippen MR) is 69.8 cm³/mol. The number of aromatic nitrogens is 1. The summed E-state index contributed by atoms with van der Waals surface area (Å²) in [7, 11) is -2.15. The molecule has 0 saturated carbocycles. The molecule has 1 aromatic rings. The van der Waals surface area contributed by atoms with Gasteiger partial charge in [0.1, 0.15) is 0 Å². The average Bonchev–Trinajstić information content (AvgIpc) is 2.04. The zero-order valence-electron chi connectivity index (χ0n) is 10.9. The highest BCUT2D eigenvalue weighted by Gasteiger charge is 2.16. The van der Waals surface area contributed by atoms with Gasteiger partial charge in [0, 0.05) is 33.3 Å². The molecule has 0 spiro atoms. The molecule has 1 aromatic heterocycles. The highest BCUT2D eigenvalue weighted by atomic mass is 32.2. The molecule has 0 saturated heterocycles. The SMILES string of the molecule is Cc1ccc(C(C)(C)C)nc1N=S(C)(C)=O. The Balaban J connectivity index is 3.37. The van der Waals surface area contributed by atoms with Crippen molar-refractivity contribution in [3.63, 3.8) is 0 Å². The molecule has 0 atom stereocenters. The Bertz CT molecular complexity index is 498. The average molecular weight is 240 g/mol. The Morgan fingerprint density at radius 1 is 1.25 bits per heavy atom. The summed E-state index contributed by atoms with van der Waals surface area (Å²) in [6, 6.07) is 3.99. The van der Waals surface area contributed by atoms with E-state index in [2.05, 4.69) is 30.1 Å². The molecule has 4 heteroatoms. The van der Waals surface area contributed by atoms with Crippen molar-refractivity contribution in [1.82, 2.24) is 4.98 Å². The Morgan fingerprint density at radius 2 is 1.81 bits per heavy atom. The van der Waals surface area contributed by atoms with E-state index in [1.807, 2.05) is 19.1 Å². The third-order valence-electron chi connectivity index (χ3n) is 2.14. The first kappa shape index (κ1) is 13.2. The van der Waals surface area contributed by atoms with E-state index in [1.54, 1.807) is 12.5 Å². The second kappa shape index (κ2) is 4.17. The molecule has 0 N–H and O–H groups in total. The summed E-state index contributed by atoms with van der Waals surface area (Å²) in [6.45, 7) is 8.24. The summed E-state index contributed by atoms with van der Waals surface area (Å²) >= 11 is 0. The molecule has 0 aliphatic carbocycles. The van der Waals surface area contributed by atoms with E-state index in [0.717, 1.165) is 11.3 Å². The molecule has 16 heavy (non-hydrogen) atoms. The van der Waals surface area contributed by atoms with E-state index in [-0.39, 0.29) is 5.41 Å². The lowest BCUT2D eigenvalue weighted by Gasteiger charge is -2.18. The summed E-state index contributed by atoms with van der Waals surface area (Å²) in [5, 5.41) is 0. The summed E-state index contributed by atoms with van der Waals surface area (Å²) in [4.78, 5) is 4.48. The number of aryl methyl sites for hydroxylation is 1. The van der Waals surface area contributed by atoms with Crippen LogP contribution in [0, 0.1) is 6.92 Å². The van der Waals surface area contributed by atoms with Crippen molar-refractivity contribution in [3.05, 3.63) is 23.4 Å². The fourth-order valence-electron chi connectivity index (χ4n) is 1.24. The van der Waals surface area contributed by atoms with Crippen LogP contribution in [0.5, 0.6) is 0 Å². The second-order valence-corrected chi connectivity index (χ2v) is 7.90. The van der Waals surface area contributed by atoms with Crippen LogP contribution >= 0.6 is 0 Å². The van der Waals surface area contributed by atoms with Gasteiger partial charge in [-0.25, -0.2) is 9.19 Å². The Hall–Kier alpha value is -0.900. The van der Waals surface area contributed by atoms with E-state index < -0.39 is 9.73 Å². The van der Waals surface area contributed by atoms with Gasteiger partial charge in [-0.1, -0.05) is 26.8 Å². The molecule has 0 bridgehead atoms. The van der Waals surface area contributed by atoms with Gasteiger partial charge in [0.05, 0.1) is 0 Å². The number of rotatable bonds is 1. The van der Waals surface area contributed by atoms with Gasteiger partial charge in [-0.15, -0.1) is 0 Å². The van der Waals surface area contributed by atoms with Crippen LogP contribution < -0.4 is 0 Å². The first-order valence-corrected chi connectivity index (χ1v) is 7.58. The third kappa shape index (κ3) is 3.59. The maximum Gasteiger partial charge on any atom is 0.164 e. The van der Waals surface area contributed by atoms with Gasteiger partial charge >= 0.3 is 0 Å². The van der Waals surface area contributed by atoms with Gasteiger partial charge in [0.15, 0.2) is 5.82 Å². The van der Waals surface area contributed by atoms with E-state index in [9.17, 15) is 4.21 Å². The fraction of sp³-hybridized carbons (Fsp3) is 0.583. The van der Waals surface area contributed by atoms with Crippen LogP contribution in [0.25, 0.3) is 0 Å². The number of nitrogens with zero attached hydrogens (tertiary/aromatic N) is 2. The van der Waals surface area contributed by atoms with Gasteiger partial charge < -0.3 is 0 Å². The Labute approximate surface area is 98.5 Å². The first-order chi connectivity index (χ1) is 7.09. The predicted octanol–water partition coefficient (Wildman–Crippen LogP) is 3.05. The molecule has 1 rings (SSSR count). The van der Waals surface area contributed by atoms with Crippen molar-refractivity contribution in [2.24, 2.45) is 4.36 Å². The Kier molecular flexibility index (Phi) is 3.43. The van der Waals surface area contributed by atoms with Crippen LogP contribution in [0.1, 0.15) is 32.0 Å². The molecule has 0 radical (unpaired) electrons. The molecule has 0 fully saturated rings. The topological polar surface area (TPSA) is 42.3 Å². The maximum atomic E-state index is 11.7. The third-order valence-corrected chi connectivity index (χ3v) is 2.76. The summed E-state index contributed by atoms with van der Waals surface area (Å²) in [5.74, 6) is 0.599. The van der Waals surface area contributed by atoms with Gasteiger partial charge in [-0.3, -0.25) is 0 Å². The maximum absolute atomic E-state index is 11.7. The van der Waals surface area contributed by atoms with Crippen LogP contribution in [-0.2, 0) is 15.1 Å². The van der Waals surface area contributed by atoms with Crippen LogP contribution in [0.15, 0.2) is 16.5 Å². The van der Waals surface area contributed by atoms with E-state index in [1.165, 1.54) is 0 Å². The molecule has 0 aliphatic rings. The van der Waals surface area contributed by atoms with Crippen LogP contribution in [0.4, 0.5) is 5.82 Å². The van der Waals surface area contributed by atoms with Gasteiger partial charge in [-0.05, 0) is 18.6 Å². The monoisotopic (exact) mass is 240 g/mol. The molecule has 0 unspecified atom stereocenters. The number of pyridine rings is 1. The quantitative estimate of drug-likeness (QED) is 0.757. The molecule has 0 aliphatic heterocycles. The van der Waals surface area contributed by atoms with Crippen molar-refractivity contribution in [2.75, 3.05) is 12.5 Å². The number of hydrogen-bond acceptors (Lipinski definition) is 3. The van der Waals surface area contributed by atoms with E-state index in [0.29, 0.717) is 5.82 Å². The standard InChI is InChI=1S/C12H20N2OS/c1-9-7-8-10(12(2,3)4)13-11(9)14-16(5,6)15/h7-8H,1-6H3. The van der Waals surface area contributed by atoms with Crippen LogP contribution in [0.3, 0.4) is 0 Å². The summed E-state index contributed by atoms with van der Waals surface area (Å²) in [5.41, 5.74) is 1.92. The first-order valence-electron chi connectivity index (χ1n) is 5.25. The Morgan fingerprint density at radius 3 is 2.25 bits per heavy atom. The zero-order chi connectivity index (χ0) is 12.6. The molecular formula is C12H20N2OS.